The van der Waals surface area contributed by atoms with Gasteiger partial charge in [0.2, 0.25) is 0 Å². The number of carbonyl (C=O) groups is 2. The largest absolute Gasteiger partial charge is 0.490 e. The molecule has 29 heavy (non-hydrogen) atoms. The number of nitrogens with zero attached hydrogens (tertiary/aromatic N) is 1. The molecule has 1 atom stereocenters. The first-order valence-corrected chi connectivity index (χ1v) is 10.1. The lowest BCUT2D eigenvalue weighted by Gasteiger charge is -2.18. The Hall–Kier alpha value is -2.94. The molecular weight excluding hydrogens is 396 g/mol. The van der Waals surface area contributed by atoms with Gasteiger partial charge in [-0.15, -0.1) is 11.3 Å². The molecule has 1 aromatic carbocycles. The molecule has 1 unspecified atom stereocenters. The molecule has 1 N–H and O–H groups in total. The molecule has 1 aliphatic rings. The molecule has 1 amide bonds. The number of carbonyl (C=O) groups excluding carboxylic acids is 2. The SMILES string of the molecule is CCOC(=O)c1c(NC(=O)c2ccc(OC)c([N+](=O)[O-])c2)sc2c1CC(C)CC2. The molecule has 8 nitrogen and oxygen atoms in total. The highest BCUT2D eigenvalue weighted by atomic mass is 32.1. The lowest BCUT2D eigenvalue weighted by atomic mass is 9.88. The fraction of sp³-hybridized carbons (Fsp3) is 0.400. The van der Waals surface area contributed by atoms with Crippen LogP contribution in [-0.2, 0) is 17.6 Å². The standard InChI is InChI=1S/C20H22N2O6S/c1-4-28-20(24)17-13-9-11(2)5-8-16(13)29-19(17)21-18(23)12-6-7-15(27-3)14(10-12)22(25)26/h6-7,10-11H,4-5,8-9H2,1-3H3,(H,21,23). The number of methoxy groups -OCH3 is 1. The van der Waals surface area contributed by atoms with Crippen molar-refractivity contribution in [3.63, 3.8) is 0 Å². The van der Waals surface area contributed by atoms with Gasteiger partial charge in [0.25, 0.3) is 5.91 Å². The molecule has 154 valence electrons. The number of amides is 1. The Bertz CT molecular complexity index is 968. The molecule has 0 bridgehead atoms. The van der Waals surface area contributed by atoms with E-state index >= 15 is 0 Å². The fourth-order valence-corrected chi connectivity index (χ4v) is 4.64. The normalized spacial score (nSPS) is 15.3. The van der Waals surface area contributed by atoms with Crippen LogP contribution in [0.4, 0.5) is 10.7 Å². The summed E-state index contributed by atoms with van der Waals surface area (Å²) in [6.45, 7) is 4.09. The first kappa shape index (κ1) is 20.8. The van der Waals surface area contributed by atoms with Gasteiger partial charge in [-0.2, -0.15) is 0 Å². The van der Waals surface area contributed by atoms with Crippen molar-refractivity contribution in [2.75, 3.05) is 19.0 Å². The van der Waals surface area contributed by atoms with E-state index in [-0.39, 0.29) is 23.6 Å². The highest BCUT2D eigenvalue weighted by molar-refractivity contribution is 7.17. The van der Waals surface area contributed by atoms with Crippen LogP contribution < -0.4 is 10.1 Å². The van der Waals surface area contributed by atoms with Crippen LogP contribution in [0.5, 0.6) is 5.75 Å². The fourth-order valence-electron chi connectivity index (χ4n) is 3.41. The number of esters is 1. The van der Waals surface area contributed by atoms with Crippen molar-refractivity contribution in [3.8, 4) is 5.75 Å². The number of nitrogens with one attached hydrogen (secondary N) is 1. The molecule has 0 spiro atoms. The van der Waals surface area contributed by atoms with Crippen molar-refractivity contribution >= 4 is 33.9 Å². The zero-order valence-electron chi connectivity index (χ0n) is 16.4. The molecule has 0 saturated heterocycles. The summed E-state index contributed by atoms with van der Waals surface area (Å²) in [7, 11) is 1.32. The van der Waals surface area contributed by atoms with Crippen LogP contribution in [0.15, 0.2) is 18.2 Å². The number of thiophene rings is 1. The van der Waals surface area contributed by atoms with Gasteiger partial charge in [-0.25, -0.2) is 4.79 Å². The zero-order valence-corrected chi connectivity index (χ0v) is 17.3. The second kappa shape index (κ2) is 8.60. The molecule has 3 rings (SSSR count). The van der Waals surface area contributed by atoms with Crippen molar-refractivity contribution in [1.29, 1.82) is 0 Å². The van der Waals surface area contributed by atoms with E-state index in [1.165, 1.54) is 30.6 Å². The molecule has 0 radical (unpaired) electrons. The van der Waals surface area contributed by atoms with Crippen molar-refractivity contribution in [2.24, 2.45) is 5.92 Å². The average Bonchev–Trinajstić information content (AvgIpc) is 3.04. The third-order valence-electron chi connectivity index (χ3n) is 4.85. The molecular formula is C20H22N2O6S. The van der Waals surface area contributed by atoms with Gasteiger partial charge in [0.05, 0.1) is 24.2 Å². The number of ether oxygens (including phenoxy) is 2. The Kier molecular flexibility index (Phi) is 6.17. The Morgan fingerprint density at radius 1 is 1.38 bits per heavy atom. The molecule has 2 aromatic rings. The number of anilines is 1. The van der Waals surface area contributed by atoms with Crippen LogP contribution in [0.1, 0.15) is 51.4 Å². The molecule has 1 heterocycles. The maximum absolute atomic E-state index is 12.8. The minimum Gasteiger partial charge on any atom is -0.490 e. The van der Waals surface area contributed by atoms with Crippen LogP contribution in [0.3, 0.4) is 0 Å². The first-order chi connectivity index (χ1) is 13.8. The van der Waals surface area contributed by atoms with Gasteiger partial charge in [-0.05, 0) is 49.8 Å². The maximum atomic E-state index is 12.8. The smallest absolute Gasteiger partial charge is 0.341 e. The van der Waals surface area contributed by atoms with Gasteiger partial charge in [0.15, 0.2) is 5.75 Å². The lowest BCUT2D eigenvalue weighted by molar-refractivity contribution is -0.385. The Balaban J connectivity index is 1.95. The van der Waals surface area contributed by atoms with Crippen molar-refractivity contribution < 1.29 is 24.0 Å². The van der Waals surface area contributed by atoms with Gasteiger partial charge >= 0.3 is 11.7 Å². The summed E-state index contributed by atoms with van der Waals surface area (Å²) in [6, 6.07) is 3.98. The minimum atomic E-state index is -0.606. The van der Waals surface area contributed by atoms with Gasteiger partial charge in [0, 0.05) is 16.5 Å². The van der Waals surface area contributed by atoms with Crippen LogP contribution in [0.2, 0.25) is 0 Å². The Morgan fingerprint density at radius 3 is 2.79 bits per heavy atom. The predicted octanol–water partition coefficient (Wildman–Crippen LogP) is 4.22. The number of nitro groups is 1. The van der Waals surface area contributed by atoms with E-state index in [9.17, 15) is 19.7 Å². The topological polar surface area (TPSA) is 108 Å². The second-order valence-corrected chi connectivity index (χ2v) is 7.98. The van der Waals surface area contributed by atoms with E-state index in [1.54, 1.807) is 6.92 Å². The highest BCUT2D eigenvalue weighted by Gasteiger charge is 2.29. The lowest BCUT2D eigenvalue weighted by Crippen LogP contribution is -2.17. The van der Waals surface area contributed by atoms with E-state index in [4.69, 9.17) is 9.47 Å². The molecule has 1 aliphatic carbocycles. The summed E-state index contributed by atoms with van der Waals surface area (Å²) in [5, 5.41) is 14.4. The summed E-state index contributed by atoms with van der Waals surface area (Å²) >= 11 is 1.37. The number of fused-ring (bicyclic) bond motifs is 1. The molecule has 9 heteroatoms. The maximum Gasteiger partial charge on any atom is 0.341 e. The molecule has 0 fully saturated rings. The number of hydrogen-bond donors (Lipinski definition) is 1. The van der Waals surface area contributed by atoms with Crippen LogP contribution in [0.25, 0.3) is 0 Å². The molecule has 1 aromatic heterocycles. The van der Waals surface area contributed by atoms with Gasteiger partial charge in [-0.1, -0.05) is 6.92 Å². The number of hydrogen-bond acceptors (Lipinski definition) is 7. The summed E-state index contributed by atoms with van der Waals surface area (Å²) in [5.41, 5.74) is 1.13. The van der Waals surface area contributed by atoms with Crippen molar-refractivity contribution in [3.05, 3.63) is 49.9 Å². The summed E-state index contributed by atoms with van der Waals surface area (Å²) in [6.07, 6.45) is 2.62. The summed E-state index contributed by atoms with van der Waals surface area (Å²) in [5.74, 6) is -0.486. The number of nitro benzene ring substituents is 1. The summed E-state index contributed by atoms with van der Waals surface area (Å²) in [4.78, 5) is 37.0. The number of aryl methyl sites for hydroxylation is 1. The van der Waals surface area contributed by atoms with Crippen molar-refractivity contribution in [1.82, 2.24) is 0 Å². The van der Waals surface area contributed by atoms with Gasteiger partial charge in [0.1, 0.15) is 5.00 Å². The van der Waals surface area contributed by atoms with Crippen LogP contribution in [-0.4, -0.2) is 30.5 Å². The Morgan fingerprint density at radius 2 is 2.14 bits per heavy atom. The van der Waals surface area contributed by atoms with Gasteiger partial charge in [-0.3, -0.25) is 14.9 Å². The summed E-state index contributed by atoms with van der Waals surface area (Å²) < 4.78 is 10.2. The third-order valence-corrected chi connectivity index (χ3v) is 6.06. The van der Waals surface area contributed by atoms with E-state index in [0.29, 0.717) is 16.5 Å². The van der Waals surface area contributed by atoms with E-state index in [2.05, 4.69) is 12.2 Å². The minimum absolute atomic E-state index is 0.0688. The predicted molar refractivity (Wildman–Crippen MR) is 109 cm³/mol. The van der Waals surface area contributed by atoms with E-state index in [1.807, 2.05) is 0 Å². The third kappa shape index (κ3) is 4.24. The van der Waals surface area contributed by atoms with Gasteiger partial charge < -0.3 is 14.8 Å². The highest BCUT2D eigenvalue weighted by Crippen LogP contribution is 2.40. The van der Waals surface area contributed by atoms with E-state index in [0.717, 1.165) is 35.8 Å². The number of rotatable bonds is 6. The monoisotopic (exact) mass is 418 g/mol. The Labute approximate surface area is 172 Å². The number of benzene rings is 1. The molecule has 0 aliphatic heterocycles. The zero-order chi connectivity index (χ0) is 21.1. The van der Waals surface area contributed by atoms with Crippen molar-refractivity contribution in [2.45, 2.75) is 33.1 Å². The second-order valence-electron chi connectivity index (χ2n) is 6.87. The first-order valence-electron chi connectivity index (χ1n) is 9.31. The van der Waals surface area contributed by atoms with E-state index < -0.39 is 16.8 Å². The average molecular weight is 418 g/mol. The van der Waals surface area contributed by atoms with Crippen LogP contribution >= 0.6 is 11.3 Å². The molecule has 0 saturated carbocycles. The quantitative estimate of drug-likeness (QED) is 0.427. The van der Waals surface area contributed by atoms with Crippen LogP contribution in [0, 0.1) is 16.0 Å².